The minimum atomic E-state index is 0.573. The molecule has 0 saturated carbocycles. The molecule has 19 heavy (non-hydrogen) atoms. The Morgan fingerprint density at radius 1 is 1.26 bits per heavy atom. The van der Waals surface area contributed by atoms with Crippen molar-refractivity contribution in [2.45, 2.75) is 26.8 Å². The van der Waals surface area contributed by atoms with E-state index in [9.17, 15) is 0 Å². The SMILES string of the molecule is COCCN(CCC(N)=S)Cc1c(C)cccc1C. The number of nitrogens with two attached hydrogens (primary N) is 1. The highest BCUT2D eigenvalue weighted by Crippen LogP contribution is 2.16. The van der Waals surface area contributed by atoms with E-state index in [1.165, 1.54) is 16.7 Å². The monoisotopic (exact) mass is 280 g/mol. The van der Waals surface area contributed by atoms with Crippen molar-refractivity contribution >= 4 is 17.2 Å². The number of rotatable bonds is 8. The maximum Gasteiger partial charge on any atom is 0.0740 e. The standard InChI is InChI=1S/C15H24N2OS/c1-12-5-4-6-13(2)14(12)11-17(9-10-18-3)8-7-15(16)19/h4-6H,7-11H2,1-3H3,(H2,16,19). The zero-order valence-electron chi connectivity index (χ0n) is 12.1. The molecule has 0 heterocycles. The zero-order valence-corrected chi connectivity index (χ0v) is 12.9. The van der Waals surface area contributed by atoms with E-state index in [4.69, 9.17) is 22.7 Å². The molecule has 0 fully saturated rings. The fourth-order valence-corrected chi connectivity index (χ4v) is 2.17. The lowest BCUT2D eigenvalue weighted by Gasteiger charge is -2.23. The molecular weight excluding hydrogens is 256 g/mol. The Kier molecular flexibility index (Phi) is 6.99. The van der Waals surface area contributed by atoms with Crippen LogP contribution in [0, 0.1) is 13.8 Å². The molecule has 0 aliphatic carbocycles. The molecule has 1 aromatic carbocycles. The second kappa shape index (κ2) is 8.25. The van der Waals surface area contributed by atoms with Gasteiger partial charge < -0.3 is 10.5 Å². The molecular formula is C15H24N2OS. The van der Waals surface area contributed by atoms with Crippen molar-refractivity contribution in [1.29, 1.82) is 0 Å². The largest absolute Gasteiger partial charge is 0.393 e. The molecule has 1 rings (SSSR count). The van der Waals surface area contributed by atoms with Gasteiger partial charge in [-0.2, -0.15) is 0 Å². The highest BCUT2D eigenvalue weighted by atomic mass is 32.1. The second-order valence-corrected chi connectivity index (χ2v) is 5.38. The first-order valence-electron chi connectivity index (χ1n) is 6.59. The molecule has 4 heteroatoms. The van der Waals surface area contributed by atoms with Gasteiger partial charge in [-0.05, 0) is 30.5 Å². The van der Waals surface area contributed by atoms with Gasteiger partial charge in [0.1, 0.15) is 0 Å². The Bertz CT molecular complexity index is 400. The van der Waals surface area contributed by atoms with E-state index in [1.54, 1.807) is 7.11 Å². The molecule has 0 spiro atoms. The van der Waals surface area contributed by atoms with Crippen LogP contribution in [0.15, 0.2) is 18.2 Å². The van der Waals surface area contributed by atoms with Gasteiger partial charge in [0.2, 0.25) is 0 Å². The first-order valence-corrected chi connectivity index (χ1v) is 7.00. The third-order valence-corrected chi connectivity index (χ3v) is 3.52. The third kappa shape index (κ3) is 5.68. The topological polar surface area (TPSA) is 38.5 Å². The number of benzene rings is 1. The average Bonchev–Trinajstić information content (AvgIpc) is 2.36. The van der Waals surface area contributed by atoms with Gasteiger partial charge >= 0.3 is 0 Å². The summed E-state index contributed by atoms with van der Waals surface area (Å²) in [6.07, 6.45) is 0.754. The lowest BCUT2D eigenvalue weighted by molar-refractivity contribution is 0.145. The molecule has 0 radical (unpaired) electrons. The summed E-state index contributed by atoms with van der Waals surface area (Å²) in [6, 6.07) is 6.41. The molecule has 2 N–H and O–H groups in total. The van der Waals surface area contributed by atoms with Crippen LogP contribution in [0.1, 0.15) is 23.1 Å². The predicted molar refractivity (Wildman–Crippen MR) is 84.5 cm³/mol. The van der Waals surface area contributed by atoms with Gasteiger partial charge in [0.05, 0.1) is 11.6 Å². The molecule has 0 saturated heterocycles. The van der Waals surface area contributed by atoms with Crippen molar-refractivity contribution in [3.8, 4) is 0 Å². The van der Waals surface area contributed by atoms with Crippen LogP contribution in [-0.4, -0.2) is 36.7 Å². The maximum atomic E-state index is 5.60. The van der Waals surface area contributed by atoms with Gasteiger partial charge in [0, 0.05) is 33.2 Å². The van der Waals surface area contributed by atoms with Gasteiger partial charge in [0.25, 0.3) is 0 Å². The molecule has 0 aromatic heterocycles. The summed E-state index contributed by atoms with van der Waals surface area (Å²) in [6.45, 7) is 7.74. The van der Waals surface area contributed by atoms with Gasteiger partial charge in [-0.1, -0.05) is 30.4 Å². The number of hydrogen-bond donors (Lipinski definition) is 1. The zero-order chi connectivity index (χ0) is 14.3. The van der Waals surface area contributed by atoms with Crippen LogP contribution in [-0.2, 0) is 11.3 Å². The number of aryl methyl sites for hydroxylation is 2. The molecule has 106 valence electrons. The molecule has 0 bridgehead atoms. The van der Waals surface area contributed by atoms with E-state index in [0.29, 0.717) is 4.99 Å². The number of hydrogen-bond acceptors (Lipinski definition) is 3. The van der Waals surface area contributed by atoms with E-state index >= 15 is 0 Å². The highest BCUT2D eigenvalue weighted by Gasteiger charge is 2.10. The Balaban J connectivity index is 2.72. The van der Waals surface area contributed by atoms with Crippen LogP contribution in [0.3, 0.4) is 0 Å². The van der Waals surface area contributed by atoms with Crippen molar-refractivity contribution in [2.75, 3.05) is 26.8 Å². The molecule has 0 atom stereocenters. The lowest BCUT2D eigenvalue weighted by Crippen LogP contribution is -2.30. The van der Waals surface area contributed by atoms with Crippen molar-refractivity contribution in [1.82, 2.24) is 4.90 Å². The molecule has 3 nitrogen and oxygen atoms in total. The van der Waals surface area contributed by atoms with Crippen molar-refractivity contribution in [2.24, 2.45) is 5.73 Å². The molecule has 1 aromatic rings. The molecule has 0 unspecified atom stereocenters. The fraction of sp³-hybridized carbons (Fsp3) is 0.533. The van der Waals surface area contributed by atoms with Gasteiger partial charge in [-0.3, -0.25) is 4.90 Å². The summed E-state index contributed by atoms with van der Waals surface area (Å²) in [5.41, 5.74) is 9.65. The number of thiocarbonyl (C=S) groups is 1. The third-order valence-electron chi connectivity index (χ3n) is 3.31. The van der Waals surface area contributed by atoms with Crippen LogP contribution in [0.4, 0.5) is 0 Å². The minimum absolute atomic E-state index is 0.573. The summed E-state index contributed by atoms with van der Waals surface area (Å²) < 4.78 is 5.17. The number of methoxy groups -OCH3 is 1. The van der Waals surface area contributed by atoms with E-state index in [2.05, 4.69) is 36.9 Å². The first-order chi connectivity index (χ1) is 9.04. The quantitative estimate of drug-likeness (QED) is 0.742. The summed E-state index contributed by atoms with van der Waals surface area (Å²) in [5.74, 6) is 0. The summed E-state index contributed by atoms with van der Waals surface area (Å²) in [7, 11) is 1.73. The highest BCUT2D eigenvalue weighted by molar-refractivity contribution is 7.80. The van der Waals surface area contributed by atoms with Crippen molar-refractivity contribution < 1.29 is 4.74 Å². The number of ether oxygens (including phenoxy) is 1. The predicted octanol–water partition coefficient (Wildman–Crippen LogP) is 2.43. The van der Waals surface area contributed by atoms with Crippen LogP contribution >= 0.6 is 12.2 Å². The van der Waals surface area contributed by atoms with Gasteiger partial charge in [-0.15, -0.1) is 0 Å². The first kappa shape index (κ1) is 16.1. The maximum absolute atomic E-state index is 5.60. The fourth-order valence-electron chi connectivity index (χ4n) is 2.08. The van der Waals surface area contributed by atoms with Crippen molar-refractivity contribution in [3.63, 3.8) is 0 Å². The average molecular weight is 280 g/mol. The normalized spacial score (nSPS) is 10.9. The van der Waals surface area contributed by atoms with Crippen LogP contribution in [0.25, 0.3) is 0 Å². The molecule has 0 amide bonds. The molecule has 0 aliphatic heterocycles. The Morgan fingerprint density at radius 2 is 1.89 bits per heavy atom. The van der Waals surface area contributed by atoms with Gasteiger partial charge in [-0.25, -0.2) is 0 Å². The molecule has 0 aliphatic rings. The van der Waals surface area contributed by atoms with Crippen LogP contribution in [0.2, 0.25) is 0 Å². The second-order valence-electron chi connectivity index (χ2n) is 4.86. The summed E-state index contributed by atoms with van der Waals surface area (Å²) >= 11 is 4.96. The summed E-state index contributed by atoms with van der Waals surface area (Å²) in [5, 5.41) is 0. The lowest BCUT2D eigenvalue weighted by atomic mass is 10.0. The van der Waals surface area contributed by atoms with E-state index in [0.717, 1.165) is 32.7 Å². The number of nitrogens with zero attached hydrogens (tertiary/aromatic N) is 1. The van der Waals surface area contributed by atoms with Gasteiger partial charge in [0.15, 0.2) is 0 Å². The Morgan fingerprint density at radius 3 is 2.42 bits per heavy atom. The minimum Gasteiger partial charge on any atom is -0.393 e. The van der Waals surface area contributed by atoms with E-state index < -0.39 is 0 Å². The van der Waals surface area contributed by atoms with E-state index in [-0.39, 0.29) is 0 Å². The van der Waals surface area contributed by atoms with E-state index in [1.807, 2.05) is 0 Å². The van der Waals surface area contributed by atoms with Crippen LogP contribution in [0.5, 0.6) is 0 Å². The smallest absolute Gasteiger partial charge is 0.0740 e. The summed E-state index contributed by atoms with van der Waals surface area (Å²) in [4.78, 5) is 2.92. The van der Waals surface area contributed by atoms with Crippen molar-refractivity contribution in [3.05, 3.63) is 34.9 Å². The Labute approximate surface area is 121 Å². The van der Waals surface area contributed by atoms with Crippen LogP contribution < -0.4 is 5.73 Å². The Hall–Kier alpha value is -0.970.